The fraction of sp³-hybridized carbons (Fsp3) is 0.805. The highest BCUT2D eigenvalue weighted by molar-refractivity contribution is 5.92. The molecule has 316 valence electrons. The highest BCUT2D eigenvalue weighted by Crippen LogP contribution is 2.10. The predicted octanol–water partition coefficient (Wildman–Crippen LogP) is 7.40. The van der Waals surface area contributed by atoms with E-state index in [1.54, 1.807) is 18.6 Å². The van der Waals surface area contributed by atoms with Gasteiger partial charge in [-0.05, 0) is 51.4 Å². The predicted molar refractivity (Wildman–Crippen MR) is 228 cm³/mol. The van der Waals surface area contributed by atoms with E-state index in [2.05, 4.69) is 62.7 Å². The molecular formula is C41H78N10O4. The van der Waals surface area contributed by atoms with Gasteiger partial charge in [0, 0.05) is 31.5 Å². The van der Waals surface area contributed by atoms with E-state index in [1.807, 2.05) is 0 Å². The second-order valence-corrected chi connectivity index (χ2v) is 14.4. The lowest BCUT2D eigenvalue weighted by molar-refractivity contribution is -0.130. The van der Waals surface area contributed by atoms with Crippen molar-refractivity contribution >= 4 is 48.2 Å². The summed E-state index contributed by atoms with van der Waals surface area (Å²) in [5, 5.41) is 14.8. The minimum absolute atomic E-state index is 0.0214. The van der Waals surface area contributed by atoms with Crippen molar-refractivity contribution in [1.82, 2.24) is 21.6 Å². The lowest BCUT2D eigenvalue weighted by Crippen LogP contribution is -2.49. The van der Waals surface area contributed by atoms with Crippen LogP contribution in [0.2, 0.25) is 0 Å². The standard InChI is InChI=1S/C41H78N10O4/c1-4-7-10-13-16-19-22-25-32-44-49-37(52)30-28-35(48-41(42)43)39(54)47-36(40(55)51-46-34-27-24-21-18-15-12-9-6-3)29-31-38(53)50-45-33-26-23-20-17-14-11-8-5-2/h32-36H,4-31H2,1-3H3,(H,47,54)(H,49,52)(H,50,53)(H,51,55)(H4,42,43,48)/b44-32+,45-33+,46-34+/t35-,36-/m0/s1. The van der Waals surface area contributed by atoms with Gasteiger partial charge in [-0.25, -0.2) is 21.3 Å². The van der Waals surface area contributed by atoms with Crippen LogP contribution in [0.3, 0.4) is 0 Å². The lowest BCUT2D eigenvalue weighted by atomic mass is 10.1. The first-order valence-corrected chi connectivity index (χ1v) is 21.6. The van der Waals surface area contributed by atoms with Gasteiger partial charge in [-0.1, -0.05) is 136 Å². The molecule has 0 heterocycles. The molecule has 0 spiro atoms. The van der Waals surface area contributed by atoms with Crippen molar-refractivity contribution in [2.45, 2.75) is 213 Å². The number of carbonyl (C=O) groups excluding carboxylic acids is 4. The van der Waals surface area contributed by atoms with Crippen LogP contribution in [0.25, 0.3) is 0 Å². The molecule has 14 heteroatoms. The molecular weight excluding hydrogens is 697 g/mol. The van der Waals surface area contributed by atoms with E-state index < -0.39 is 35.7 Å². The zero-order chi connectivity index (χ0) is 40.6. The fourth-order valence-corrected chi connectivity index (χ4v) is 5.82. The van der Waals surface area contributed by atoms with Gasteiger partial charge in [0.2, 0.25) is 17.7 Å². The maximum absolute atomic E-state index is 13.4. The molecule has 8 N–H and O–H groups in total. The summed E-state index contributed by atoms with van der Waals surface area (Å²) in [6.07, 6.45) is 31.9. The first-order valence-electron chi connectivity index (χ1n) is 21.6. The molecule has 4 amide bonds. The zero-order valence-corrected chi connectivity index (χ0v) is 34.8. The van der Waals surface area contributed by atoms with Crippen LogP contribution in [0.15, 0.2) is 20.3 Å². The number of rotatable bonds is 37. The number of nitrogens with one attached hydrogen (secondary N) is 4. The van der Waals surface area contributed by atoms with Gasteiger partial charge < -0.3 is 16.8 Å². The number of hydrazone groups is 3. The highest BCUT2D eigenvalue weighted by Gasteiger charge is 2.26. The Morgan fingerprint density at radius 3 is 1.25 bits per heavy atom. The Morgan fingerprint density at radius 2 is 0.855 bits per heavy atom. The van der Waals surface area contributed by atoms with Crippen molar-refractivity contribution < 1.29 is 19.2 Å². The lowest BCUT2D eigenvalue weighted by Gasteiger charge is -2.19. The Balaban J connectivity index is 5.12. The van der Waals surface area contributed by atoms with Gasteiger partial charge in [-0.15, -0.1) is 0 Å². The van der Waals surface area contributed by atoms with E-state index in [4.69, 9.17) is 11.5 Å². The largest absolute Gasteiger partial charge is 0.370 e. The average molecular weight is 775 g/mol. The molecule has 0 saturated carbocycles. The van der Waals surface area contributed by atoms with Gasteiger partial charge in [0.25, 0.3) is 5.91 Å². The van der Waals surface area contributed by atoms with Crippen LogP contribution >= 0.6 is 0 Å². The fourth-order valence-electron chi connectivity index (χ4n) is 5.82. The molecule has 0 aromatic carbocycles. The van der Waals surface area contributed by atoms with Gasteiger partial charge in [0.1, 0.15) is 12.1 Å². The Hall–Kier alpha value is -3.84. The van der Waals surface area contributed by atoms with E-state index >= 15 is 0 Å². The number of nitrogens with zero attached hydrogens (tertiary/aromatic N) is 4. The first-order chi connectivity index (χ1) is 26.7. The number of aliphatic imine (C=N–C) groups is 1. The summed E-state index contributed by atoms with van der Waals surface area (Å²) in [7, 11) is 0. The molecule has 0 saturated heterocycles. The van der Waals surface area contributed by atoms with Crippen LogP contribution in [-0.4, -0.2) is 60.3 Å². The molecule has 0 aliphatic carbocycles. The Kier molecular flexibility index (Phi) is 35.8. The van der Waals surface area contributed by atoms with E-state index in [0.717, 1.165) is 51.4 Å². The Morgan fingerprint density at radius 1 is 0.491 bits per heavy atom. The van der Waals surface area contributed by atoms with Crippen molar-refractivity contribution in [2.75, 3.05) is 0 Å². The van der Waals surface area contributed by atoms with Crippen LogP contribution in [-0.2, 0) is 19.2 Å². The van der Waals surface area contributed by atoms with Crippen LogP contribution in [0.1, 0.15) is 201 Å². The van der Waals surface area contributed by atoms with E-state index in [-0.39, 0.29) is 31.6 Å². The smallest absolute Gasteiger partial charge is 0.262 e. The van der Waals surface area contributed by atoms with E-state index in [0.29, 0.717) is 6.42 Å². The normalized spacial score (nSPS) is 12.6. The number of carbonyl (C=O) groups is 4. The maximum Gasteiger partial charge on any atom is 0.262 e. The third kappa shape index (κ3) is 34.4. The Labute approximate surface area is 332 Å². The summed E-state index contributed by atoms with van der Waals surface area (Å²) >= 11 is 0. The molecule has 0 radical (unpaired) electrons. The molecule has 14 nitrogen and oxygen atoms in total. The molecule has 55 heavy (non-hydrogen) atoms. The second kappa shape index (κ2) is 38.4. The van der Waals surface area contributed by atoms with Crippen molar-refractivity contribution in [2.24, 2.45) is 31.8 Å². The van der Waals surface area contributed by atoms with Gasteiger partial charge in [-0.2, -0.15) is 15.3 Å². The number of nitrogens with two attached hydrogens (primary N) is 2. The molecule has 2 atom stereocenters. The highest BCUT2D eigenvalue weighted by atomic mass is 16.2. The van der Waals surface area contributed by atoms with Gasteiger partial charge >= 0.3 is 0 Å². The summed E-state index contributed by atoms with van der Waals surface area (Å²) in [5.41, 5.74) is 18.7. The molecule has 0 aromatic heterocycles. The summed E-state index contributed by atoms with van der Waals surface area (Å²) in [6.45, 7) is 6.60. The molecule has 0 fully saturated rings. The minimum atomic E-state index is -1.14. The number of hydrogen-bond donors (Lipinski definition) is 6. The first kappa shape index (κ1) is 51.2. The zero-order valence-electron chi connectivity index (χ0n) is 34.8. The molecule has 0 bridgehead atoms. The topological polar surface area (TPSA) is 218 Å². The summed E-state index contributed by atoms with van der Waals surface area (Å²) in [6, 6.07) is -2.26. The van der Waals surface area contributed by atoms with E-state index in [1.165, 1.54) is 96.3 Å². The van der Waals surface area contributed by atoms with E-state index in [9.17, 15) is 19.2 Å². The monoisotopic (exact) mass is 775 g/mol. The van der Waals surface area contributed by atoms with Crippen LogP contribution in [0.5, 0.6) is 0 Å². The van der Waals surface area contributed by atoms with Crippen molar-refractivity contribution in [1.29, 1.82) is 0 Å². The number of guanidine groups is 1. The summed E-state index contributed by atoms with van der Waals surface area (Å²) < 4.78 is 0. The van der Waals surface area contributed by atoms with Crippen LogP contribution in [0.4, 0.5) is 0 Å². The molecule has 0 aliphatic heterocycles. The molecule has 0 rings (SSSR count). The van der Waals surface area contributed by atoms with Crippen LogP contribution in [0, 0.1) is 0 Å². The van der Waals surface area contributed by atoms with Crippen LogP contribution < -0.4 is 33.1 Å². The molecule has 0 aliphatic rings. The average Bonchev–Trinajstić information content (AvgIpc) is 3.16. The third-order valence-electron chi connectivity index (χ3n) is 9.18. The SMILES string of the molecule is CCCCCCCCC/C=N/NC(=O)CC[C@H](N=C(N)N)C(=O)N[C@@H](CCC(=O)N/N=C/CCCCCCCCC)C(=O)N/N=C/CCCCCCCCC. The quantitative estimate of drug-likeness (QED) is 0.0163. The minimum Gasteiger partial charge on any atom is -0.370 e. The van der Waals surface area contributed by atoms with Gasteiger partial charge in [0.15, 0.2) is 5.96 Å². The summed E-state index contributed by atoms with van der Waals surface area (Å²) in [5.74, 6) is -2.37. The number of amides is 4. The van der Waals surface area contributed by atoms with Crippen molar-refractivity contribution in [3.05, 3.63) is 0 Å². The van der Waals surface area contributed by atoms with Gasteiger partial charge in [0.05, 0.1) is 0 Å². The molecule has 0 aromatic rings. The van der Waals surface area contributed by atoms with Gasteiger partial charge in [-0.3, -0.25) is 19.2 Å². The maximum atomic E-state index is 13.4. The summed E-state index contributed by atoms with van der Waals surface area (Å²) in [4.78, 5) is 55.6. The van der Waals surface area contributed by atoms with Crippen molar-refractivity contribution in [3.8, 4) is 0 Å². The second-order valence-electron chi connectivity index (χ2n) is 14.4. The number of unbranched alkanes of at least 4 members (excludes halogenated alkanes) is 21. The number of hydrogen-bond acceptors (Lipinski definition) is 8. The van der Waals surface area contributed by atoms with Crippen molar-refractivity contribution in [3.63, 3.8) is 0 Å². The molecule has 0 unspecified atom stereocenters. The Bertz CT molecular complexity index is 1110. The third-order valence-corrected chi connectivity index (χ3v) is 9.18.